The Morgan fingerprint density at radius 1 is 1.33 bits per heavy atom. The van der Waals surface area contributed by atoms with Gasteiger partial charge in [-0.1, -0.05) is 13.0 Å². The lowest BCUT2D eigenvalue weighted by Crippen LogP contribution is -2.42. The van der Waals surface area contributed by atoms with Crippen molar-refractivity contribution in [3.05, 3.63) is 29.6 Å². The van der Waals surface area contributed by atoms with Gasteiger partial charge in [0, 0.05) is 25.7 Å². The minimum Gasteiger partial charge on any atom is -0.423 e. The second-order valence-electron chi connectivity index (χ2n) is 5.87. The average Bonchev–Trinajstić information content (AvgIpc) is 2.62. The summed E-state index contributed by atoms with van der Waals surface area (Å²) in [5.74, 6) is -0.440. The maximum absolute atomic E-state index is 13.3. The van der Waals surface area contributed by atoms with Gasteiger partial charge >= 0.3 is 7.12 Å². The standard InChI is InChI=1S/C15H24BFN2O2/c1-3-14-11-18(2)7-4-8-19(14)10-12-5-6-13(17)9-15(12)16(20)21/h5-6,9,14,20-21H,3-4,7-8,10-11H2,1-2H3. The van der Waals surface area contributed by atoms with E-state index < -0.39 is 12.9 Å². The first kappa shape index (κ1) is 16.4. The molecule has 1 aromatic carbocycles. The summed E-state index contributed by atoms with van der Waals surface area (Å²) in [4.78, 5) is 4.70. The predicted molar refractivity (Wildman–Crippen MR) is 82.8 cm³/mol. The monoisotopic (exact) mass is 294 g/mol. The molecule has 0 aliphatic carbocycles. The number of hydrogen-bond acceptors (Lipinski definition) is 4. The van der Waals surface area contributed by atoms with Crippen LogP contribution in [0.5, 0.6) is 0 Å². The highest BCUT2D eigenvalue weighted by molar-refractivity contribution is 6.59. The summed E-state index contributed by atoms with van der Waals surface area (Å²) in [6.07, 6.45) is 2.13. The van der Waals surface area contributed by atoms with Crippen molar-refractivity contribution in [3.63, 3.8) is 0 Å². The van der Waals surface area contributed by atoms with Crippen molar-refractivity contribution in [3.8, 4) is 0 Å². The van der Waals surface area contributed by atoms with Crippen molar-refractivity contribution in [2.24, 2.45) is 0 Å². The molecule has 0 amide bonds. The fraction of sp³-hybridized carbons (Fsp3) is 0.600. The van der Waals surface area contributed by atoms with Crippen molar-refractivity contribution in [2.45, 2.75) is 32.4 Å². The average molecular weight is 294 g/mol. The molecule has 0 saturated carbocycles. The zero-order valence-corrected chi connectivity index (χ0v) is 12.8. The van der Waals surface area contributed by atoms with Crippen LogP contribution in [-0.4, -0.2) is 59.7 Å². The Balaban J connectivity index is 2.19. The summed E-state index contributed by atoms with van der Waals surface area (Å²) >= 11 is 0. The summed E-state index contributed by atoms with van der Waals surface area (Å²) in [7, 11) is 0.498. The lowest BCUT2D eigenvalue weighted by Gasteiger charge is -2.30. The third-order valence-electron chi connectivity index (χ3n) is 4.25. The molecule has 4 nitrogen and oxygen atoms in total. The SMILES string of the molecule is CCC1CN(C)CCCN1Cc1ccc(F)cc1B(O)O. The third-order valence-corrected chi connectivity index (χ3v) is 4.25. The lowest BCUT2D eigenvalue weighted by atomic mass is 9.76. The molecule has 0 bridgehead atoms. The molecule has 1 saturated heterocycles. The van der Waals surface area contributed by atoms with Crippen molar-refractivity contribution in [2.75, 3.05) is 26.7 Å². The van der Waals surface area contributed by atoms with Crippen LogP contribution >= 0.6 is 0 Å². The highest BCUT2D eigenvalue weighted by atomic mass is 19.1. The minimum absolute atomic E-state index is 0.266. The molecule has 1 aliphatic heterocycles. The van der Waals surface area contributed by atoms with E-state index in [0.717, 1.165) is 38.0 Å². The molecule has 0 aromatic heterocycles. The van der Waals surface area contributed by atoms with Gasteiger partial charge in [-0.3, -0.25) is 4.90 Å². The highest BCUT2D eigenvalue weighted by Gasteiger charge is 2.24. The molecule has 2 rings (SSSR count). The van der Waals surface area contributed by atoms with Gasteiger partial charge in [-0.15, -0.1) is 0 Å². The first-order valence-electron chi connectivity index (χ1n) is 7.58. The maximum Gasteiger partial charge on any atom is 0.488 e. The molecule has 1 heterocycles. The molecule has 0 spiro atoms. The normalized spacial score (nSPS) is 21.3. The number of hydrogen-bond donors (Lipinski definition) is 2. The number of likely N-dealkylation sites (N-methyl/N-ethyl adjacent to an activating group) is 1. The molecular formula is C15H24BFN2O2. The largest absolute Gasteiger partial charge is 0.488 e. The maximum atomic E-state index is 13.3. The van der Waals surface area contributed by atoms with E-state index in [1.54, 1.807) is 6.07 Å². The molecule has 116 valence electrons. The molecule has 1 aliphatic rings. The van der Waals surface area contributed by atoms with Crippen molar-refractivity contribution < 1.29 is 14.4 Å². The Morgan fingerprint density at radius 3 is 2.76 bits per heavy atom. The lowest BCUT2D eigenvalue weighted by molar-refractivity contribution is 0.176. The van der Waals surface area contributed by atoms with E-state index in [2.05, 4.69) is 23.8 Å². The predicted octanol–water partition coefficient (Wildman–Crippen LogP) is 0.422. The summed E-state index contributed by atoms with van der Waals surface area (Å²) in [5.41, 5.74) is 1.05. The van der Waals surface area contributed by atoms with Crippen LogP contribution in [0.1, 0.15) is 25.3 Å². The van der Waals surface area contributed by atoms with Crippen LogP contribution in [0.3, 0.4) is 0 Å². The summed E-state index contributed by atoms with van der Waals surface area (Å²) in [5, 5.41) is 18.9. The van der Waals surface area contributed by atoms with Gasteiger partial charge in [0.2, 0.25) is 0 Å². The minimum atomic E-state index is -1.63. The molecular weight excluding hydrogens is 270 g/mol. The fourth-order valence-corrected chi connectivity index (χ4v) is 3.06. The van der Waals surface area contributed by atoms with Crippen LogP contribution in [0.4, 0.5) is 4.39 Å². The van der Waals surface area contributed by atoms with Crippen LogP contribution in [0.15, 0.2) is 18.2 Å². The van der Waals surface area contributed by atoms with Gasteiger partial charge in [-0.25, -0.2) is 4.39 Å². The van der Waals surface area contributed by atoms with Crippen LogP contribution in [0.25, 0.3) is 0 Å². The van der Waals surface area contributed by atoms with Crippen molar-refractivity contribution in [1.29, 1.82) is 0 Å². The molecule has 2 N–H and O–H groups in total. The zero-order valence-electron chi connectivity index (χ0n) is 12.8. The second kappa shape index (κ2) is 7.36. The van der Waals surface area contributed by atoms with Gasteiger partial charge in [0.15, 0.2) is 0 Å². The van der Waals surface area contributed by atoms with E-state index in [9.17, 15) is 14.4 Å². The van der Waals surface area contributed by atoms with Crippen molar-refractivity contribution >= 4 is 12.6 Å². The number of rotatable bonds is 4. The zero-order chi connectivity index (χ0) is 15.4. The van der Waals surface area contributed by atoms with E-state index in [-0.39, 0.29) is 5.46 Å². The smallest absolute Gasteiger partial charge is 0.423 e. The molecule has 1 fully saturated rings. The molecule has 1 aromatic rings. The van der Waals surface area contributed by atoms with E-state index >= 15 is 0 Å². The fourth-order valence-electron chi connectivity index (χ4n) is 3.06. The first-order valence-corrected chi connectivity index (χ1v) is 7.58. The number of halogens is 1. The van der Waals surface area contributed by atoms with Gasteiger partial charge < -0.3 is 14.9 Å². The number of nitrogens with zero attached hydrogens (tertiary/aromatic N) is 2. The van der Waals surface area contributed by atoms with Crippen LogP contribution in [0, 0.1) is 5.82 Å². The third kappa shape index (κ3) is 4.26. The van der Waals surface area contributed by atoms with E-state index in [0.29, 0.717) is 12.6 Å². The summed E-state index contributed by atoms with van der Waals surface area (Å²) in [6.45, 7) is 5.85. The molecule has 6 heteroatoms. The summed E-state index contributed by atoms with van der Waals surface area (Å²) in [6, 6.07) is 4.69. The molecule has 1 atom stereocenters. The van der Waals surface area contributed by atoms with E-state index in [1.807, 2.05) is 0 Å². The molecule has 0 radical (unpaired) electrons. The van der Waals surface area contributed by atoms with Crippen molar-refractivity contribution in [1.82, 2.24) is 9.80 Å². The first-order chi connectivity index (χ1) is 10.0. The van der Waals surface area contributed by atoms with Crippen LogP contribution in [0.2, 0.25) is 0 Å². The van der Waals surface area contributed by atoms with E-state index in [4.69, 9.17) is 0 Å². The quantitative estimate of drug-likeness (QED) is 0.790. The van der Waals surface area contributed by atoms with Gasteiger partial charge in [0.1, 0.15) is 5.82 Å². The molecule has 1 unspecified atom stereocenters. The van der Waals surface area contributed by atoms with Gasteiger partial charge in [0.05, 0.1) is 0 Å². The Hall–Kier alpha value is -0.945. The Bertz CT molecular complexity index is 473. The summed E-state index contributed by atoms with van der Waals surface area (Å²) < 4.78 is 13.3. The van der Waals surface area contributed by atoms with Gasteiger partial charge in [0.25, 0.3) is 0 Å². The topological polar surface area (TPSA) is 46.9 Å². The highest BCUT2D eigenvalue weighted by Crippen LogP contribution is 2.15. The van der Waals surface area contributed by atoms with E-state index in [1.165, 1.54) is 12.1 Å². The van der Waals surface area contributed by atoms with Gasteiger partial charge in [-0.05, 0) is 49.6 Å². The molecule has 21 heavy (non-hydrogen) atoms. The second-order valence-corrected chi connectivity index (χ2v) is 5.87. The Labute approximate surface area is 126 Å². The Morgan fingerprint density at radius 2 is 2.10 bits per heavy atom. The Kier molecular flexibility index (Phi) is 5.76. The number of benzene rings is 1. The van der Waals surface area contributed by atoms with Gasteiger partial charge in [-0.2, -0.15) is 0 Å². The van der Waals surface area contributed by atoms with Crippen LogP contribution < -0.4 is 5.46 Å². The van der Waals surface area contributed by atoms with Crippen LogP contribution in [-0.2, 0) is 6.54 Å².